The second-order valence-electron chi connectivity index (χ2n) is 4.82. The molecule has 106 valence electrons. The fourth-order valence-electron chi connectivity index (χ4n) is 2.42. The van der Waals surface area contributed by atoms with Crippen LogP contribution in [0.5, 0.6) is 0 Å². The van der Waals surface area contributed by atoms with Crippen LogP contribution in [0.1, 0.15) is 37.2 Å². The van der Waals surface area contributed by atoms with E-state index in [9.17, 15) is 21.6 Å². The largest absolute Gasteiger partial charge is 0.377 e. The van der Waals surface area contributed by atoms with Gasteiger partial charge in [0.25, 0.3) is 0 Å². The van der Waals surface area contributed by atoms with Crippen molar-refractivity contribution in [1.29, 1.82) is 0 Å². The zero-order valence-electron chi connectivity index (χ0n) is 10.3. The van der Waals surface area contributed by atoms with Gasteiger partial charge in [0.05, 0.1) is 4.90 Å². The van der Waals surface area contributed by atoms with E-state index in [-0.39, 0.29) is 0 Å². The van der Waals surface area contributed by atoms with Crippen molar-refractivity contribution in [3.05, 3.63) is 29.8 Å². The number of rotatable bonds is 4. The Hall–Kier alpha value is -1.04. The normalized spacial score (nSPS) is 17.8. The van der Waals surface area contributed by atoms with E-state index in [2.05, 4.69) is 0 Å². The number of alkyl halides is 3. The number of hydrogen-bond donors (Lipinski definition) is 0. The first-order valence-electron chi connectivity index (χ1n) is 6.17. The highest BCUT2D eigenvalue weighted by molar-refractivity contribution is 7.92. The molecule has 0 saturated heterocycles. The molecule has 1 aromatic carbocycles. The number of hydrogen-bond acceptors (Lipinski definition) is 2. The lowest BCUT2D eigenvalue weighted by atomic mass is 9.98. The van der Waals surface area contributed by atoms with Gasteiger partial charge >= 0.3 is 5.25 Å². The standard InChI is InChI=1S/C13H15F3O2S/c14-9-13(15,16)19(17,18)12-7-5-11(6-8-12)10-3-1-2-4-10/h5-8,10H,1-4,9H2. The molecule has 1 aromatic rings. The maximum absolute atomic E-state index is 13.1. The third-order valence-corrected chi connectivity index (χ3v) is 5.35. The first kappa shape index (κ1) is 14.4. The summed E-state index contributed by atoms with van der Waals surface area (Å²) in [5.41, 5.74) is 0.958. The molecule has 0 aliphatic heterocycles. The maximum Gasteiger partial charge on any atom is 0.377 e. The van der Waals surface area contributed by atoms with Crippen molar-refractivity contribution in [2.75, 3.05) is 6.67 Å². The fraction of sp³-hybridized carbons (Fsp3) is 0.538. The Balaban J connectivity index is 2.27. The number of benzene rings is 1. The van der Waals surface area contributed by atoms with Gasteiger partial charge in [-0.3, -0.25) is 0 Å². The highest BCUT2D eigenvalue weighted by Crippen LogP contribution is 2.35. The van der Waals surface area contributed by atoms with Gasteiger partial charge in [-0.05, 0) is 36.5 Å². The molecule has 0 spiro atoms. The van der Waals surface area contributed by atoms with Gasteiger partial charge in [0.15, 0.2) is 6.67 Å². The second-order valence-corrected chi connectivity index (χ2v) is 6.90. The summed E-state index contributed by atoms with van der Waals surface area (Å²) in [6.07, 6.45) is 4.33. The Kier molecular flexibility index (Phi) is 3.90. The average Bonchev–Trinajstić information content (AvgIpc) is 2.92. The lowest BCUT2D eigenvalue weighted by Gasteiger charge is -2.14. The third-order valence-electron chi connectivity index (χ3n) is 3.57. The van der Waals surface area contributed by atoms with E-state index in [0.717, 1.165) is 43.4 Å². The van der Waals surface area contributed by atoms with Gasteiger partial charge in [0.1, 0.15) is 0 Å². The van der Waals surface area contributed by atoms with Crippen LogP contribution in [0.15, 0.2) is 29.2 Å². The highest BCUT2D eigenvalue weighted by atomic mass is 32.2. The van der Waals surface area contributed by atoms with Crippen LogP contribution in [0, 0.1) is 0 Å². The summed E-state index contributed by atoms with van der Waals surface area (Å²) in [5, 5.41) is -4.36. The zero-order valence-corrected chi connectivity index (χ0v) is 11.1. The molecule has 1 aliphatic rings. The molecule has 2 nitrogen and oxygen atoms in total. The molecule has 0 amide bonds. The van der Waals surface area contributed by atoms with Crippen LogP contribution in [-0.2, 0) is 9.84 Å². The van der Waals surface area contributed by atoms with Crippen molar-refractivity contribution in [1.82, 2.24) is 0 Å². The molecule has 1 saturated carbocycles. The van der Waals surface area contributed by atoms with Crippen LogP contribution in [0.25, 0.3) is 0 Å². The minimum atomic E-state index is -4.94. The van der Waals surface area contributed by atoms with E-state index >= 15 is 0 Å². The van der Waals surface area contributed by atoms with Gasteiger partial charge in [0.2, 0.25) is 9.84 Å². The van der Waals surface area contributed by atoms with Crippen molar-refractivity contribution >= 4 is 9.84 Å². The quantitative estimate of drug-likeness (QED) is 0.848. The average molecular weight is 292 g/mol. The van der Waals surface area contributed by atoms with Gasteiger partial charge < -0.3 is 0 Å². The van der Waals surface area contributed by atoms with Gasteiger partial charge in [-0.25, -0.2) is 12.8 Å². The van der Waals surface area contributed by atoms with E-state index in [1.54, 1.807) is 12.1 Å². The molecule has 1 fully saturated rings. The Morgan fingerprint density at radius 2 is 1.63 bits per heavy atom. The van der Waals surface area contributed by atoms with Crippen molar-refractivity contribution < 1.29 is 21.6 Å². The van der Waals surface area contributed by atoms with E-state index in [4.69, 9.17) is 0 Å². The lowest BCUT2D eigenvalue weighted by Crippen LogP contribution is -2.31. The molecule has 19 heavy (non-hydrogen) atoms. The summed E-state index contributed by atoms with van der Waals surface area (Å²) < 4.78 is 61.3. The van der Waals surface area contributed by atoms with E-state index in [1.807, 2.05) is 0 Å². The summed E-state index contributed by atoms with van der Waals surface area (Å²) in [4.78, 5) is -0.531. The zero-order chi connectivity index (χ0) is 14.1. The van der Waals surface area contributed by atoms with Gasteiger partial charge in [-0.2, -0.15) is 8.78 Å². The van der Waals surface area contributed by atoms with E-state index < -0.39 is 26.7 Å². The maximum atomic E-state index is 13.1. The topological polar surface area (TPSA) is 34.1 Å². The Morgan fingerprint density at radius 3 is 2.11 bits per heavy atom. The number of halogens is 3. The molecule has 0 heterocycles. The molecule has 1 aliphatic carbocycles. The summed E-state index contributed by atoms with van der Waals surface area (Å²) in [6, 6.07) is 5.40. The van der Waals surface area contributed by atoms with Crippen LogP contribution < -0.4 is 0 Å². The summed E-state index contributed by atoms with van der Waals surface area (Å²) in [7, 11) is -4.94. The molecule has 0 N–H and O–H groups in total. The summed E-state index contributed by atoms with van der Waals surface area (Å²) in [5.74, 6) is 0.374. The predicted molar refractivity (Wildman–Crippen MR) is 65.8 cm³/mol. The Morgan fingerprint density at radius 1 is 1.11 bits per heavy atom. The molecule has 0 radical (unpaired) electrons. The molecule has 0 unspecified atom stereocenters. The van der Waals surface area contributed by atoms with Gasteiger partial charge in [-0.15, -0.1) is 0 Å². The Labute approximate surface area is 110 Å². The van der Waals surface area contributed by atoms with Crippen molar-refractivity contribution in [3.63, 3.8) is 0 Å². The van der Waals surface area contributed by atoms with E-state index in [1.165, 1.54) is 0 Å². The first-order valence-corrected chi connectivity index (χ1v) is 7.65. The summed E-state index contributed by atoms with van der Waals surface area (Å²) >= 11 is 0. The van der Waals surface area contributed by atoms with Crippen LogP contribution >= 0.6 is 0 Å². The minimum absolute atomic E-state index is 0.374. The van der Waals surface area contributed by atoms with Crippen LogP contribution in [-0.4, -0.2) is 20.3 Å². The Bertz CT molecular complexity index is 532. The van der Waals surface area contributed by atoms with Crippen molar-refractivity contribution in [3.8, 4) is 0 Å². The highest BCUT2D eigenvalue weighted by Gasteiger charge is 2.46. The lowest BCUT2D eigenvalue weighted by molar-refractivity contribution is 0.0620. The second kappa shape index (κ2) is 5.15. The molecule has 0 bridgehead atoms. The third kappa shape index (κ3) is 2.63. The van der Waals surface area contributed by atoms with Crippen molar-refractivity contribution in [2.24, 2.45) is 0 Å². The first-order chi connectivity index (χ1) is 8.88. The SMILES string of the molecule is O=S(=O)(c1ccc(C2CCCC2)cc1)C(F)(F)CF. The molecule has 2 rings (SSSR count). The minimum Gasteiger partial charge on any atom is -0.243 e. The van der Waals surface area contributed by atoms with Crippen LogP contribution in [0.2, 0.25) is 0 Å². The van der Waals surface area contributed by atoms with Gasteiger partial charge in [-0.1, -0.05) is 25.0 Å². The summed E-state index contributed by atoms with van der Waals surface area (Å²) in [6.45, 7) is -2.21. The monoisotopic (exact) mass is 292 g/mol. The van der Waals surface area contributed by atoms with Crippen LogP contribution in [0.3, 0.4) is 0 Å². The number of sulfone groups is 1. The molecule has 0 atom stereocenters. The molecular weight excluding hydrogens is 277 g/mol. The van der Waals surface area contributed by atoms with E-state index in [0.29, 0.717) is 5.92 Å². The predicted octanol–water partition coefficient (Wildman–Crippen LogP) is 3.68. The molecular formula is C13H15F3O2S. The van der Waals surface area contributed by atoms with Gasteiger partial charge in [0, 0.05) is 0 Å². The van der Waals surface area contributed by atoms with Crippen LogP contribution in [0.4, 0.5) is 13.2 Å². The molecule has 6 heteroatoms. The molecule has 0 aromatic heterocycles. The fourth-order valence-corrected chi connectivity index (χ4v) is 3.41. The smallest absolute Gasteiger partial charge is 0.243 e. The van der Waals surface area contributed by atoms with Crippen molar-refractivity contribution in [2.45, 2.75) is 41.8 Å².